The lowest BCUT2D eigenvalue weighted by molar-refractivity contribution is -0.146. The highest BCUT2D eigenvalue weighted by atomic mass is 28.4. The smallest absolute Gasteiger partial charge is 0.264 e. The van der Waals surface area contributed by atoms with E-state index >= 15 is 0 Å². The van der Waals surface area contributed by atoms with Crippen LogP contribution in [0.4, 0.5) is 11.4 Å². The molecular weight excluding hydrogens is 448 g/mol. The second-order valence-corrected chi connectivity index (χ2v) is 13.6. The fraction of sp³-hybridized carbons (Fsp3) is 0.385. The van der Waals surface area contributed by atoms with Gasteiger partial charge in [0.15, 0.2) is 13.9 Å². The van der Waals surface area contributed by atoms with Crippen molar-refractivity contribution in [3.8, 4) is 0 Å². The van der Waals surface area contributed by atoms with Crippen molar-refractivity contribution in [3.05, 3.63) is 72.3 Å². The number of ether oxygens (including phenoxy) is 1. The number of hydrogen-bond acceptors (Lipinski definition) is 5. The molecule has 0 bridgehead atoms. The molecule has 0 aliphatic carbocycles. The molecule has 0 saturated carbocycles. The van der Waals surface area contributed by atoms with Crippen molar-refractivity contribution in [2.45, 2.75) is 43.7 Å². The van der Waals surface area contributed by atoms with Crippen LogP contribution in [0.3, 0.4) is 0 Å². The zero-order valence-electron chi connectivity index (χ0n) is 19.8. The van der Waals surface area contributed by atoms with Crippen molar-refractivity contribution >= 4 is 31.5 Å². The first-order valence-corrected chi connectivity index (χ1v) is 14.6. The van der Waals surface area contributed by atoms with Crippen LogP contribution in [0, 0.1) is 5.92 Å². The summed E-state index contributed by atoms with van der Waals surface area (Å²) in [6, 6.07) is 14.3. The molecule has 2 amide bonds. The van der Waals surface area contributed by atoms with Crippen LogP contribution in [0.25, 0.3) is 0 Å². The van der Waals surface area contributed by atoms with Crippen molar-refractivity contribution in [1.29, 1.82) is 0 Å². The van der Waals surface area contributed by atoms with Gasteiger partial charge in [0, 0.05) is 41.4 Å². The van der Waals surface area contributed by atoms with E-state index in [2.05, 4.69) is 11.9 Å². The molecule has 0 aromatic heterocycles. The summed E-state index contributed by atoms with van der Waals surface area (Å²) in [6.07, 6.45) is 1.55. The van der Waals surface area contributed by atoms with Gasteiger partial charge in [-0.15, -0.1) is 6.58 Å². The Hall–Kier alpha value is -2.78. The van der Waals surface area contributed by atoms with Gasteiger partial charge >= 0.3 is 0 Å². The summed E-state index contributed by atoms with van der Waals surface area (Å²) in [5, 5.41) is 12.6. The topological polar surface area (TPSA) is 99.1 Å². The van der Waals surface area contributed by atoms with Crippen LogP contribution in [0.15, 0.2) is 61.2 Å². The van der Waals surface area contributed by atoms with Crippen molar-refractivity contribution in [1.82, 2.24) is 0 Å². The number of rotatable bonds is 7. The maximum absolute atomic E-state index is 13.9. The van der Waals surface area contributed by atoms with Crippen LogP contribution in [-0.2, 0) is 15.1 Å². The van der Waals surface area contributed by atoms with E-state index in [0.717, 1.165) is 0 Å². The molecule has 1 spiro atoms. The van der Waals surface area contributed by atoms with E-state index in [4.69, 9.17) is 4.74 Å². The van der Waals surface area contributed by atoms with Gasteiger partial charge in [0.1, 0.15) is 0 Å². The van der Waals surface area contributed by atoms with Gasteiger partial charge in [0.05, 0.1) is 11.8 Å². The third-order valence-electron chi connectivity index (χ3n) is 7.00. The van der Waals surface area contributed by atoms with Crippen molar-refractivity contribution in [3.63, 3.8) is 0 Å². The molecule has 2 aromatic rings. The molecule has 4 rings (SSSR count). The number of benzene rings is 2. The zero-order valence-corrected chi connectivity index (χ0v) is 20.8. The monoisotopic (exact) mass is 480 g/mol. The number of hydrogen-bond donors (Lipinski definition) is 3. The van der Waals surface area contributed by atoms with Crippen LogP contribution in [-0.4, -0.2) is 49.3 Å². The Morgan fingerprint density at radius 1 is 1.26 bits per heavy atom. The van der Waals surface area contributed by atoms with E-state index in [9.17, 15) is 19.5 Å². The standard InChI is InChI=1S/C26H32N2O5Si/c1-5-14-28-21-12-11-19(27-24(30)18-9-7-6-8-10-18)16-20(21)26(25(28)31)17(2)23(34(3,4)32)22(33-26)13-15-29/h5-12,16-17,22-23,29,32H,1,13-15H2,2-4H3,(H,27,30)/t17-,22+,23-,26+/m0/s1. The number of fused-ring (bicyclic) bond motifs is 2. The number of carbonyl (C=O) groups is 2. The Morgan fingerprint density at radius 3 is 2.59 bits per heavy atom. The zero-order chi connectivity index (χ0) is 24.7. The first kappa shape index (κ1) is 24.3. The predicted molar refractivity (Wildman–Crippen MR) is 134 cm³/mol. The molecule has 4 atom stereocenters. The fourth-order valence-electron chi connectivity index (χ4n) is 5.66. The van der Waals surface area contributed by atoms with Gasteiger partial charge in [-0.2, -0.15) is 0 Å². The van der Waals surface area contributed by atoms with Gasteiger partial charge in [0.25, 0.3) is 11.8 Å². The van der Waals surface area contributed by atoms with E-state index in [1.165, 1.54) is 0 Å². The van der Waals surface area contributed by atoms with E-state index in [1.807, 2.05) is 32.2 Å². The Kier molecular flexibility index (Phi) is 6.52. The van der Waals surface area contributed by atoms with Gasteiger partial charge in [-0.3, -0.25) is 9.59 Å². The minimum absolute atomic E-state index is 0.0982. The Morgan fingerprint density at radius 2 is 1.97 bits per heavy atom. The van der Waals surface area contributed by atoms with Gasteiger partial charge in [0.2, 0.25) is 0 Å². The average Bonchev–Trinajstić information content (AvgIpc) is 3.22. The second kappa shape index (κ2) is 9.11. The molecule has 1 saturated heterocycles. The first-order chi connectivity index (χ1) is 16.1. The molecule has 2 heterocycles. The fourth-order valence-corrected chi connectivity index (χ4v) is 8.26. The minimum Gasteiger partial charge on any atom is -0.432 e. The number of amides is 2. The molecule has 34 heavy (non-hydrogen) atoms. The second-order valence-electron chi connectivity index (χ2n) is 9.63. The first-order valence-electron chi connectivity index (χ1n) is 11.6. The maximum Gasteiger partial charge on any atom is 0.264 e. The van der Waals surface area contributed by atoms with Crippen LogP contribution >= 0.6 is 0 Å². The molecule has 3 N–H and O–H groups in total. The summed E-state index contributed by atoms with van der Waals surface area (Å²) in [5.74, 6) is -0.774. The lowest BCUT2D eigenvalue weighted by Gasteiger charge is -2.32. The highest BCUT2D eigenvalue weighted by molar-refractivity contribution is 6.71. The molecule has 2 aliphatic heterocycles. The molecule has 8 heteroatoms. The maximum atomic E-state index is 13.9. The third kappa shape index (κ3) is 3.90. The summed E-state index contributed by atoms with van der Waals surface area (Å²) >= 11 is 0. The van der Waals surface area contributed by atoms with Crippen molar-refractivity contribution in [2.24, 2.45) is 5.92 Å². The van der Waals surface area contributed by atoms with Crippen molar-refractivity contribution < 1.29 is 24.2 Å². The van der Waals surface area contributed by atoms with Crippen LogP contribution < -0.4 is 10.2 Å². The largest absolute Gasteiger partial charge is 0.432 e. The van der Waals surface area contributed by atoms with Gasteiger partial charge in [-0.25, -0.2) is 0 Å². The quantitative estimate of drug-likeness (QED) is 0.415. The summed E-state index contributed by atoms with van der Waals surface area (Å²) in [4.78, 5) is 39.4. The van der Waals surface area contributed by atoms with E-state index in [-0.39, 0.29) is 29.9 Å². The number of nitrogens with one attached hydrogen (secondary N) is 1. The Bertz CT molecular complexity index is 1100. The van der Waals surface area contributed by atoms with Gasteiger partial charge < -0.3 is 24.9 Å². The summed E-state index contributed by atoms with van der Waals surface area (Å²) in [7, 11) is -2.75. The minimum atomic E-state index is -2.75. The Labute approximate surface area is 201 Å². The van der Waals surface area contributed by atoms with Crippen LogP contribution in [0.5, 0.6) is 0 Å². The molecule has 0 radical (unpaired) electrons. The molecule has 7 nitrogen and oxygen atoms in total. The van der Waals surface area contributed by atoms with E-state index in [1.54, 1.807) is 47.4 Å². The molecule has 2 aliphatic rings. The Balaban J connectivity index is 1.80. The van der Waals surface area contributed by atoms with Crippen molar-refractivity contribution in [2.75, 3.05) is 23.4 Å². The predicted octanol–water partition coefficient (Wildman–Crippen LogP) is 3.65. The highest BCUT2D eigenvalue weighted by Crippen LogP contribution is 2.59. The number of aliphatic hydroxyl groups is 1. The van der Waals surface area contributed by atoms with E-state index in [0.29, 0.717) is 35.5 Å². The van der Waals surface area contributed by atoms with E-state index < -0.39 is 20.0 Å². The molecule has 0 unspecified atom stereocenters. The average molecular weight is 481 g/mol. The number of nitrogens with zero attached hydrogens (tertiary/aromatic N) is 1. The number of anilines is 2. The molecular formula is C26H32N2O5Si. The third-order valence-corrected chi connectivity index (χ3v) is 9.51. The lowest BCUT2D eigenvalue weighted by Crippen LogP contribution is -2.46. The van der Waals surface area contributed by atoms with Gasteiger partial charge in [-0.1, -0.05) is 31.2 Å². The normalized spacial score (nSPS) is 26.1. The lowest BCUT2D eigenvalue weighted by atomic mass is 9.82. The number of carbonyl (C=O) groups excluding carboxylic acids is 2. The highest BCUT2D eigenvalue weighted by Gasteiger charge is 2.66. The molecule has 1 fully saturated rings. The SMILES string of the molecule is C=CCN1C(=O)[C@]2(O[C@H](CCO)[C@@H]([Si](C)(C)O)[C@@H]2C)c2cc(NC(=O)c3ccccc3)ccc21. The van der Waals surface area contributed by atoms with Crippen LogP contribution in [0.2, 0.25) is 18.6 Å². The van der Waals surface area contributed by atoms with Gasteiger partial charge in [-0.05, 0) is 49.8 Å². The molecule has 2 aromatic carbocycles. The number of aliphatic hydroxyl groups excluding tert-OH is 1. The summed E-state index contributed by atoms with van der Waals surface area (Å²) in [6.45, 7) is 9.65. The molecule has 180 valence electrons. The summed E-state index contributed by atoms with van der Waals surface area (Å²) < 4.78 is 6.54. The van der Waals surface area contributed by atoms with Crippen LogP contribution in [0.1, 0.15) is 29.3 Å². The summed E-state index contributed by atoms with van der Waals surface area (Å²) in [5.41, 5.74) is 0.908.